The van der Waals surface area contributed by atoms with Crippen LogP contribution >= 0.6 is 15.9 Å². The summed E-state index contributed by atoms with van der Waals surface area (Å²) in [4.78, 5) is 11.7. The summed E-state index contributed by atoms with van der Waals surface area (Å²) in [5.41, 5.74) is 0.177. The number of hydrogen-bond donors (Lipinski definition) is 0. The molecule has 0 N–H and O–H groups in total. The number of ketones is 1. The molecule has 1 aromatic rings. The smallest absolute Gasteiger partial charge is 0.201 e. The molecule has 1 aliphatic rings. The predicted molar refractivity (Wildman–Crippen MR) is 52.6 cm³/mol. The lowest BCUT2D eigenvalue weighted by atomic mass is 10.1. The Kier molecular flexibility index (Phi) is 1.88. The second kappa shape index (κ2) is 2.71. The first-order valence-corrected chi connectivity index (χ1v) is 5.09. The maximum atomic E-state index is 11.7. The number of Topliss-reactive ketones (excluding diaryl/α,β-unsaturated/α-hetero) is 1. The Hall–Kier alpha value is -0.570. The van der Waals surface area contributed by atoms with E-state index in [4.69, 9.17) is 4.42 Å². The van der Waals surface area contributed by atoms with Crippen LogP contribution in [-0.2, 0) is 0 Å². The van der Waals surface area contributed by atoms with E-state index in [2.05, 4.69) is 29.8 Å². The molecule has 1 aromatic heterocycles. The zero-order chi connectivity index (χ0) is 9.64. The Bertz CT molecular complexity index is 352. The molecule has 1 unspecified atom stereocenters. The van der Waals surface area contributed by atoms with E-state index in [-0.39, 0.29) is 17.1 Å². The maximum Gasteiger partial charge on any atom is 0.201 e. The number of rotatable bonds is 2. The van der Waals surface area contributed by atoms with Crippen molar-refractivity contribution in [3.63, 3.8) is 0 Å². The van der Waals surface area contributed by atoms with Crippen LogP contribution in [0, 0.1) is 11.3 Å². The van der Waals surface area contributed by atoms with E-state index in [0.29, 0.717) is 10.4 Å². The van der Waals surface area contributed by atoms with Gasteiger partial charge in [0.05, 0.1) is 0 Å². The first-order chi connectivity index (χ1) is 6.00. The second-order valence-corrected chi connectivity index (χ2v) is 4.99. The van der Waals surface area contributed by atoms with E-state index in [1.165, 1.54) is 0 Å². The number of carbonyl (C=O) groups excluding carboxylic acids is 1. The molecule has 0 radical (unpaired) electrons. The van der Waals surface area contributed by atoms with Crippen LogP contribution in [0.4, 0.5) is 0 Å². The Morgan fingerprint density at radius 2 is 2.23 bits per heavy atom. The Labute approximate surface area is 85.4 Å². The summed E-state index contributed by atoms with van der Waals surface area (Å²) in [6, 6.07) is 3.48. The molecular formula is C10H11BrO2. The molecule has 70 valence electrons. The monoisotopic (exact) mass is 242 g/mol. The molecule has 2 nitrogen and oxygen atoms in total. The van der Waals surface area contributed by atoms with Crippen LogP contribution in [0.5, 0.6) is 0 Å². The van der Waals surface area contributed by atoms with Crippen LogP contribution in [0.3, 0.4) is 0 Å². The van der Waals surface area contributed by atoms with Gasteiger partial charge in [-0.15, -0.1) is 0 Å². The molecule has 0 aliphatic heterocycles. The molecule has 0 saturated heterocycles. The molecule has 3 heteroatoms. The van der Waals surface area contributed by atoms with Crippen molar-refractivity contribution in [3.05, 3.63) is 22.6 Å². The zero-order valence-corrected chi connectivity index (χ0v) is 9.22. The topological polar surface area (TPSA) is 30.2 Å². The lowest BCUT2D eigenvalue weighted by Gasteiger charge is -1.98. The number of carbonyl (C=O) groups is 1. The molecule has 1 saturated carbocycles. The molecule has 1 fully saturated rings. The third-order valence-corrected chi connectivity index (χ3v) is 3.07. The summed E-state index contributed by atoms with van der Waals surface area (Å²) < 4.78 is 5.83. The summed E-state index contributed by atoms with van der Waals surface area (Å²) in [6.45, 7) is 4.21. The van der Waals surface area contributed by atoms with Crippen molar-refractivity contribution in [2.45, 2.75) is 20.3 Å². The maximum absolute atomic E-state index is 11.7. The fraction of sp³-hybridized carbons (Fsp3) is 0.500. The van der Waals surface area contributed by atoms with Gasteiger partial charge in [-0.2, -0.15) is 0 Å². The van der Waals surface area contributed by atoms with Gasteiger partial charge in [0, 0.05) is 5.92 Å². The fourth-order valence-electron chi connectivity index (χ4n) is 1.53. The molecule has 1 aliphatic carbocycles. The van der Waals surface area contributed by atoms with Crippen molar-refractivity contribution in [2.75, 3.05) is 0 Å². The van der Waals surface area contributed by atoms with E-state index in [0.717, 1.165) is 6.42 Å². The Balaban J connectivity index is 2.16. The summed E-state index contributed by atoms with van der Waals surface area (Å²) in [7, 11) is 0. The third-order valence-electron chi connectivity index (χ3n) is 2.65. The van der Waals surface area contributed by atoms with E-state index in [1.54, 1.807) is 12.1 Å². The van der Waals surface area contributed by atoms with Crippen LogP contribution in [0.1, 0.15) is 30.8 Å². The molecule has 0 spiro atoms. The highest BCUT2D eigenvalue weighted by atomic mass is 79.9. The normalized spacial score (nSPS) is 24.4. The van der Waals surface area contributed by atoms with Gasteiger partial charge in [0.2, 0.25) is 5.78 Å². The number of halogens is 1. The van der Waals surface area contributed by atoms with Gasteiger partial charge in [0.25, 0.3) is 0 Å². The minimum atomic E-state index is 0.135. The summed E-state index contributed by atoms with van der Waals surface area (Å²) in [6.07, 6.45) is 0.976. The van der Waals surface area contributed by atoms with Crippen LogP contribution in [0.15, 0.2) is 21.2 Å². The van der Waals surface area contributed by atoms with Crippen LogP contribution in [0.25, 0.3) is 0 Å². The molecular weight excluding hydrogens is 232 g/mol. The molecule has 2 rings (SSSR count). The molecule has 1 atom stereocenters. The third kappa shape index (κ3) is 1.57. The van der Waals surface area contributed by atoms with Crippen molar-refractivity contribution in [1.29, 1.82) is 0 Å². The molecule has 1 heterocycles. The Morgan fingerprint density at radius 3 is 2.62 bits per heavy atom. The van der Waals surface area contributed by atoms with Crippen molar-refractivity contribution in [3.8, 4) is 0 Å². The second-order valence-electron chi connectivity index (χ2n) is 4.21. The SMILES string of the molecule is CC1(C)CC1C(=O)c1ccc(Br)o1. The number of hydrogen-bond acceptors (Lipinski definition) is 2. The van der Waals surface area contributed by atoms with Crippen LogP contribution in [0.2, 0.25) is 0 Å². The fourth-order valence-corrected chi connectivity index (χ4v) is 1.84. The lowest BCUT2D eigenvalue weighted by Crippen LogP contribution is -2.04. The van der Waals surface area contributed by atoms with Crippen LogP contribution < -0.4 is 0 Å². The zero-order valence-electron chi connectivity index (χ0n) is 7.63. The van der Waals surface area contributed by atoms with Gasteiger partial charge in [-0.1, -0.05) is 13.8 Å². The quantitative estimate of drug-likeness (QED) is 0.746. The van der Waals surface area contributed by atoms with E-state index in [9.17, 15) is 4.79 Å². The van der Waals surface area contributed by atoms with Gasteiger partial charge in [-0.25, -0.2) is 0 Å². The molecule has 0 bridgehead atoms. The van der Waals surface area contributed by atoms with Gasteiger partial charge in [0.15, 0.2) is 10.4 Å². The van der Waals surface area contributed by atoms with Gasteiger partial charge in [0.1, 0.15) is 0 Å². The number of furan rings is 1. The molecule has 0 aromatic carbocycles. The Morgan fingerprint density at radius 1 is 1.62 bits per heavy atom. The summed E-state index contributed by atoms with van der Waals surface area (Å²) in [5, 5.41) is 0. The van der Waals surface area contributed by atoms with Gasteiger partial charge in [-0.05, 0) is 39.9 Å². The highest BCUT2D eigenvalue weighted by Crippen LogP contribution is 2.53. The van der Waals surface area contributed by atoms with Crippen LogP contribution in [-0.4, -0.2) is 5.78 Å². The first-order valence-electron chi connectivity index (χ1n) is 4.30. The van der Waals surface area contributed by atoms with E-state index >= 15 is 0 Å². The van der Waals surface area contributed by atoms with Crippen molar-refractivity contribution >= 4 is 21.7 Å². The average molecular weight is 243 g/mol. The van der Waals surface area contributed by atoms with E-state index < -0.39 is 0 Å². The minimum Gasteiger partial charge on any atom is -0.446 e. The highest BCUT2D eigenvalue weighted by molar-refractivity contribution is 9.10. The van der Waals surface area contributed by atoms with Gasteiger partial charge in [-0.3, -0.25) is 4.79 Å². The summed E-state index contributed by atoms with van der Waals surface area (Å²) in [5.74, 6) is 0.767. The molecule has 0 amide bonds. The minimum absolute atomic E-state index is 0.135. The lowest BCUT2D eigenvalue weighted by molar-refractivity contribution is 0.0924. The molecule has 13 heavy (non-hydrogen) atoms. The summed E-state index contributed by atoms with van der Waals surface area (Å²) >= 11 is 3.18. The van der Waals surface area contributed by atoms with Gasteiger partial charge < -0.3 is 4.42 Å². The largest absolute Gasteiger partial charge is 0.446 e. The standard InChI is InChI=1S/C10H11BrO2/c1-10(2)5-6(10)9(12)7-3-4-8(11)13-7/h3-4,6H,5H2,1-2H3. The van der Waals surface area contributed by atoms with Crippen molar-refractivity contribution in [1.82, 2.24) is 0 Å². The van der Waals surface area contributed by atoms with Gasteiger partial charge >= 0.3 is 0 Å². The first kappa shape index (κ1) is 9.00. The highest BCUT2D eigenvalue weighted by Gasteiger charge is 2.51. The van der Waals surface area contributed by atoms with E-state index in [1.807, 2.05) is 0 Å². The van der Waals surface area contributed by atoms with Crippen molar-refractivity contribution < 1.29 is 9.21 Å². The van der Waals surface area contributed by atoms with Crippen molar-refractivity contribution in [2.24, 2.45) is 11.3 Å². The average Bonchev–Trinajstić information content (AvgIpc) is 2.47. The predicted octanol–water partition coefficient (Wildman–Crippen LogP) is 3.27.